The van der Waals surface area contributed by atoms with Crippen molar-refractivity contribution < 1.29 is 9.21 Å². The Bertz CT molecular complexity index is 938. The third-order valence-corrected chi connectivity index (χ3v) is 5.79. The second kappa shape index (κ2) is 7.54. The summed E-state index contributed by atoms with van der Waals surface area (Å²) >= 11 is 0. The van der Waals surface area contributed by atoms with Crippen LogP contribution in [0.5, 0.6) is 0 Å². The van der Waals surface area contributed by atoms with Crippen molar-refractivity contribution >= 4 is 47.4 Å². The predicted octanol–water partition coefficient (Wildman–Crippen LogP) is 3.98. The number of nitrogens with two attached hydrogens (primary N) is 1. The van der Waals surface area contributed by atoms with Crippen molar-refractivity contribution in [1.82, 2.24) is 9.97 Å². The molecule has 2 aliphatic rings. The first-order valence-electron chi connectivity index (χ1n) is 8.79. The molecule has 0 radical (unpaired) electrons. The number of benzene rings is 1. The Hall–Kier alpha value is -2.02. The summed E-state index contributed by atoms with van der Waals surface area (Å²) in [6.45, 7) is 0. The van der Waals surface area contributed by atoms with Gasteiger partial charge < -0.3 is 20.5 Å². The van der Waals surface area contributed by atoms with Crippen LogP contribution in [0, 0.1) is 17.8 Å². The number of furan rings is 1. The molecule has 4 unspecified atom stereocenters. The van der Waals surface area contributed by atoms with E-state index in [-0.39, 0.29) is 42.7 Å². The zero-order valence-electron chi connectivity index (χ0n) is 14.6. The van der Waals surface area contributed by atoms with Crippen LogP contribution < -0.4 is 11.1 Å². The molecule has 0 spiro atoms. The Morgan fingerprint density at radius 3 is 2.74 bits per heavy atom. The van der Waals surface area contributed by atoms with E-state index in [4.69, 9.17) is 10.2 Å². The van der Waals surface area contributed by atoms with Gasteiger partial charge in [-0.3, -0.25) is 4.79 Å². The Morgan fingerprint density at radius 2 is 2.04 bits per heavy atom. The molecular formula is C19H22Cl2N4O2. The molecule has 2 saturated carbocycles. The molecule has 144 valence electrons. The van der Waals surface area contributed by atoms with Crippen LogP contribution in [-0.2, 0) is 4.79 Å². The normalized spacial score (nSPS) is 25.8. The molecule has 1 aromatic carbocycles. The first-order chi connectivity index (χ1) is 12.2. The van der Waals surface area contributed by atoms with Gasteiger partial charge in [0.25, 0.3) is 0 Å². The number of halogens is 2. The van der Waals surface area contributed by atoms with Crippen LogP contribution in [0.4, 0.5) is 5.69 Å². The molecule has 0 saturated heterocycles. The molecule has 8 heteroatoms. The van der Waals surface area contributed by atoms with Crippen LogP contribution in [0.1, 0.15) is 19.3 Å². The summed E-state index contributed by atoms with van der Waals surface area (Å²) in [5.74, 6) is 2.32. The summed E-state index contributed by atoms with van der Waals surface area (Å²) in [6.07, 6.45) is 5.02. The molecule has 3 aromatic rings. The highest BCUT2D eigenvalue weighted by molar-refractivity contribution is 5.95. The van der Waals surface area contributed by atoms with E-state index in [1.54, 1.807) is 6.26 Å². The molecule has 2 bridgehead atoms. The van der Waals surface area contributed by atoms with Gasteiger partial charge in [-0.2, -0.15) is 0 Å². The third-order valence-electron chi connectivity index (χ3n) is 5.79. The number of carbonyl (C=O) groups excluding carboxylic acids is 1. The summed E-state index contributed by atoms with van der Waals surface area (Å²) in [5.41, 5.74) is 8.74. The average molecular weight is 409 g/mol. The SMILES string of the molecule is Cl.Cl.NC1C2CCC(C2)C1C(=O)Nc1ccc2nc(-c3ccco3)[nH]c2c1. The van der Waals surface area contributed by atoms with Gasteiger partial charge in [0.05, 0.1) is 23.2 Å². The third kappa shape index (κ3) is 3.33. The van der Waals surface area contributed by atoms with E-state index in [0.717, 1.165) is 29.6 Å². The van der Waals surface area contributed by atoms with Gasteiger partial charge in [0.15, 0.2) is 11.6 Å². The maximum absolute atomic E-state index is 12.7. The molecule has 6 nitrogen and oxygen atoms in total. The summed E-state index contributed by atoms with van der Waals surface area (Å²) in [7, 11) is 0. The van der Waals surface area contributed by atoms with Gasteiger partial charge in [-0.25, -0.2) is 4.98 Å². The lowest BCUT2D eigenvalue weighted by molar-refractivity contribution is -0.121. The first kappa shape index (κ1) is 19.7. The van der Waals surface area contributed by atoms with Crippen LogP contribution in [-0.4, -0.2) is 21.9 Å². The summed E-state index contributed by atoms with van der Waals surface area (Å²) in [6, 6.07) is 9.37. The van der Waals surface area contributed by atoms with Gasteiger partial charge in [0.1, 0.15) is 0 Å². The standard InChI is InChI=1S/C19H20N4O2.2ClH/c20-17-11-4-3-10(8-11)16(17)19(24)21-12-5-6-13-14(9-12)23-18(22-13)15-2-1-7-25-15;;/h1-2,5-7,9-11,16-17H,3-4,8,20H2,(H,21,24)(H,22,23);2*1H. The lowest BCUT2D eigenvalue weighted by Gasteiger charge is -2.27. The number of H-pyrrole nitrogens is 1. The molecule has 4 atom stereocenters. The Kier molecular flexibility index (Phi) is 5.51. The zero-order chi connectivity index (χ0) is 17.0. The molecule has 4 N–H and O–H groups in total. The van der Waals surface area contributed by atoms with Gasteiger partial charge in [-0.05, 0) is 61.4 Å². The minimum Gasteiger partial charge on any atom is -0.461 e. The predicted molar refractivity (Wildman–Crippen MR) is 109 cm³/mol. The molecule has 5 rings (SSSR count). The van der Waals surface area contributed by atoms with Crippen LogP contribution in [0.15, 0.2) is 41.0 Å². The summed E-state index contributed by atoms with van der Waals surface area (Å²) < 4.78 is 5.37. The number of aromatic amines is 1. The number of carbonyl (C=O) groups is 1. The number of imidazole rings is 1. The Labute approximate surface area is 169 Å². The van der Waals surface area contributed by atoms with Gasteiger partial charge in [-0.15, -0.1) is 24.8 Å². The fourth-order valence-electron chi connectivity index (χ4n) is 4.57. The number of anilines is 1. The lowest BCUT2D eigenvalue weighted by Crippen LogP contribution is -2.42. The van der Waals surface area contributed by atoms with Crippen molar-refractivity contribution in [2.45, 2.75) is 25.3 Å². The maximum Gasteiger partial charge on any atom is 0.229 e. The highest BCUT2D eigenvalue weighted by Crippen LogP contribution is 2.47. The number of hydrogen-bond donors (Lipinski definition) is 3. The van der Waals surface area contributed by atoms with Crippen LogP contribution in [0.2, 0.25) is 0 Å². The summed E-state index contributed by atoms with van der Waals surface area (Å²) in [5, 5.41) is 3.05. The lowest BCUT2D eigenvalue weighted by atomic mass is 9.84. The fraction of sp³-hybridized carbons (Fsp3) is 0.368. The average Bonchev–Trinajstić information content (AvgIpc) is 3.37. The number of aromatic nitrogens is 2. The molecule has 2 heterocycles. The number of nitrogens with zero attached hydrogens (tertiary/aromatic N) is 1. The van der Waals surface area contributed by atoms with E-state index in [2.05, 4.69) is 15.3 Å². The monoisotopic (exact) mass is 408 g/mol. The number of hydrogen-bond acceptors (Lipinski definition) is 4. The second-order valence-corrected chi connectivity index (χ2v) is 7.22. The van der Waals surface area contributed by atoms with E-state index in [1.807, 2.05) is 30.3 Å². The fourth-order valence-corrected chi connectivity index (χ4v) is 4.57. The highest BCUT2D eigenvalue weighted by Gasteiger charge is 2.49. The van der Waals surface area contributed by atoms with E-state index >= 15 is 0 Å². The van der Waals surface area contributed by atoms with Crippen molar-refractivity contribution in [3.63, 3.8) is 0 Å². The molecule has 2 fully saturated rings. The van der Waals surface area contributed by atoms with Crippen molar-refractivity contribution in [2.24, 2.45) is 23.5 Å². The minimum absolute atomic E-state index is 0. The van der Waals surface area contributed by atoms with E-state index < -0.39 is 0 Å². The number of fused-ring (bicyclic) bond motifs is 3. The van der Waals surface area contributed by atoms with Crippen LogP contribution in [0.3, 0.4) is 0 Å². The van der Waals surface area contributed by atoms with E-state index in [9.17, 15) is 4.79 Å². The van der Waals surface area contributed by atoms with Crippen molar-refractivity contribution in [2.75, 3.05) is 5.32 Å². The van der Waals surface area contributed by atoms with Gasteiger partial charge in [0, 0.05) is 11.7 Å². The quantitative estimate of drug-likeness (QED) is 0.610. The maximum atomic E-state index is 12.7. The Balaban J connectivity index is 0.00000105. The Morgan fingerprint density at radius 1 is 1.22 bits per heavy atom. The van der Waals surface area contributed by atoms with Crippen molar-refractivity contribution in [3.05, 3.63) is 36.6 Å². The molecule has 1 amide bonds. The largest absolute Gasteiger partial charge is 0.461 e. The molecule has 0 aliphatic heterocycles. The van der Waals surface area contributed by atoms with E-state index in [1.165, 1.54) is 6.42 Å². The highest BCUT2D eigenvalue weighted by atomic mass is 35.5. The second-order valence-electron chi connectivity index (χ2n) is 7.22. The zero-order valence-corrected chi connectivity index (χ0v) is 16.2. The summed E-state index contributed by atoms with van der Waals surface area (Å²) in [4.78, 5) is 20.5. The number of amides is 1. The number of nitrogens with one attached hydrogen (secondary N) is 2. The van der Waals surface area contributed by atoms with Crippen LogP contribution in [0.25, 0.3) is 22.6 Å². The number of rotatable bonds is 3. The minimum atomic E-state index is -0.0603. The molecule has 27 heavy (non-hydrogen) atoms. The first-order valence-corrected chi connectivity index (χ1v) is 8.79. The molecule has 2 aliphatic carbocycles. The van der Waals surface area contributed by atoms with Crippen molar-refractivity contribution in [1.29, 1.82) is 0 Å². The van der Waals surface area contributed by atoms with Gasteiger partial charge in [0.2, 0.25) is 5.91 Å². The van der Waals surface area contributed by atoms with Crippen molar-refractivity contribution in [3.8, 4) is 11.6 Å². The van der Waals surface area contributed by atoms with Gasteiger partial charge >= 0.3 is 0 Å². The molecule has 2 aromatic heterocycles. The van der Waals surface area contributed by atoms with Gasteiger partial charge in [-0.1, -0.05) is 0 Å². The van der Waals surface area contributed by atoms with Crippen LogP contribution >= 0.6 is 24.8 Å². The van der Waals surface area contributed by atoms with E-state index in [0.29, 0.717) is 23.4 Å². The topological polar surface area (TPSA) is 96.9 Å². The smallest absolute Gasteiger partial charge is 0.229 e. The molecular weight excluding hydrogens is 387 g/mol.